The minimum atomic E-state index is -0.195. The summed E-state index contributed by atoms with van der Waals surface area (Å²) in [7, 11) is -0.195. The zero-order valence-electron chi connectivity index (χ0n) is 7.38. The smallest absolute Gasteiger partial charge is 0.158 e. The van der Waals surface area contributed by atoms with Crippen molar-refractivity contribution in [3.05, 3.63) is 25.3 Å². The molecule has 2 heteroatoms. The van der Waals surface area contributed by atoms with E-state index in [4.69, 9.17) is 4.43 Å². The van der Waals surface area contributed by atoms with Crippen molar-refractivity contribution < 1.29 is 4.43 Å². The van der Waals surface area contributed by atoms with Gasteiger partial charge in [0.05, 0.1) is 0 Å². The molecule has 64 valence electrons. The second-order valence-corrected chi connectivity index (χ2v) is 3.46. The predicted molar refractivity (Wildman–Crippen MR) is 53.5 cm³/mol. The van der Waals surface area contributed by atoms with Gasteiger partial charge in [-0.2, -0.15) is 0 Å². The van der Waals surface area contributed by atoms with Gasteiger partial charge in [-0.1, -0.05) is 18.7 Å². The largest absolute Gasteiger partial charge is 0.424 e. The molecule has 11 heavy (non-hydrogen) atoms. The summed E-state index contributed by atoms with van der Waals surface area (Å²) < 4.78 is 5.34. The Bertz CT molecular complexity index is 104. The van der Waals surface area contributed by atoms with Gasteiger partial charge in [-0.05, 0) is 18.8 Å². The molecule has 1 nitrogen and oxygen atoms in total. The fourth-order valence-electron chi connectivity index (χ4n) is 0.897. The average molecular weight is 170 g/mol. The van der Waals surface area contributed by atoms with Gasteiger partial charge in [0.1, 0.15) is 0 Å². The molecule has 0 N–H and O–H groups in total. The van der Waals surface area contributed by atoms with Crippen LogP contribution < -0.4 is 0 Å². The van der Waals surface area contributed by atoms with Crippen molar-refractivity contribution in [3.8, 4) is 0 Å². The monoisotopic (exact) mass is 170 g/mol. The summed E-state index contributed by atoms with van der Waals surface area (Å²) in [6.07, 6.45) is 6.14. The lowest BCUT2D eigenvalue weighted by Gasteiger charge is -2.05. The van der Waals surface area contributed by atoms with E-state index in [-0.39, 0.29) is 9.76 Å². The first kappa shape index (κ1) is 10.7. The quantitative estimate of drug-likeness (QED) is 0.322. The second-order valence-electron chi connectivity index (χ2n) is 2.47. The fraction of sp³-hybridized carbons (Fsp3) is 0.556. The number of hydrogen-bond acceptors (Lipinski definition) is 1. The topological polar surface area (TPSA) is 9.23 Å². The molecule has 0 spiro atoms. The van der Waals surface area contributed by atoms with Gasteiger partial charge in [-0.15, -0.1) is 13.2 Å². The van der Waals surface area contributed by atoms with Gasteiger partial charge in [0.2, 0.25) is 0 Å². The normalized spacial score (nSPS) is 11.1. The maximum atomic E-state index is 5.34. The van der Waals surface area contributed by atoms with Gasteiger partial charge in [-0.3, -0.25) is 0 Å². The minimum Gasteiger partial charge on any atom is -0.424 e. The summed E-state index contributed by atoms with van der Waals surface area (Å²) in [5.74, 6) is 0.470. The molecule has 0 rings (SSSR count). The first-order chi connectivity index (χ1) is 5.35. The van der Waals surface area contributed by atoms with E-state index in [1.165, 1.54) is 0 Å². The number of hydrogen-bond donors (Lipinski definition) is 0. The van der Waals surface area contributed by atoms with E-state index < -0.39 is 0 Å². The molecule has 0 atom stereocenters. The van der Waals surface area contributed by atoms with Crippen LogP contribution in [0.25, 0.3) is 0 Å². The van der Waals surface area contributed by atoms with Gasteiger partial charge in [-0.25, -0.2) is 0 Å². The van der Waals surface area contributed by atoms with Gasteiger partial charge in [0.15, 0.2) is 9.76 Å². The van der Waals surface area contributed by atoms with Crippen LogP contribution in [-0.4, -0.2) is 16.4 Å². The van der Waals surface area contributed by atoms with E-state index in [1.54, 1.807) is 0 Å². The standard InChI is InChI=1S/C9H18OSi/c1-4-9(5-2)7-6-8-10-11-3/h4-5,9H,1-2,6-8,11H2,3H3. The van der Waals surface area contributed by atoms with Crippen LogP contribution in [0.4, 0.5) is 0 Å². The zero-order valence-corrected chi connectivity index (χ0v) is 8.80. The SMILES string of the molecule is C=CC(C=C)CCCO[SiH2]C. The Balaban J connectivity index is 3.21. The zero-order chi connectivity index (χ0) is 8.53. The molecule has 0 unspecified atom stereocenters. The minimum absolute atomic E-state index is 0.195. The fourth-order valence-corrected chi connectivity index (χ4v) is 1.39. The first-order valence-electron chi connectivity index (χ1n) is 4.18. The third kappa shape index (κ3) is 6.07. The molecular formula is C9H18OSi. The van der Waals surface area contributed by atoms with Crippen LogP contribution in [0.5, 0.6) is 0 Å². The Morgan fingerprint density at radius 3 is 2.55 bits per heavy atom. The summed E-state index contributed by atoms with van der Waals surface area (Å²) in [5, 5.41) is 0. The van der Waals surface area contributed by atoms with Gasteiger partial charge >= 0.3 is 0 Å². The molecular weight excluding hydrogens is 152 g/mol. The summed E-state index contributed by atoms with van der Waals surface area (Å²) in [5.41, 5.74) is 0. The molecule has 0 aromatic heterocycles. The van der Waals surface area contributed by atoms with Crippen molar-refractivity contribution in [2.45, 2.75) is 19.4 Å². The van der Waals surface area contributed by atoms with Crippen LogP contribution in [0.1, 0.15) is 12.8 Å². The Labute approximate surface area is 72.1 Å². The molecule has 0 aromatic rings. The second kappa shape index (κ2) is 7.76. The summed E-state index contributed by atoms with van der Waals surface area (Å²) in [6.45, 7) is 10.5. The van der Waals surface area contributed by atoms with E-state index in [2.05, 4.69) is 19.7 Å². The lowest BCUT2D eigenvalue weighted by atomic mass is 10.0. The summed E-state index contributed by atoms with van der Waals surface area (Å²) in [6, 6.07) is 0. The maximum absolute atomic E-state index is 5.34. The summed E-state index contributed by atoms with van der Waals surface area (Å²) >= 11 is 0. The lowest BCUT2D eigenvalue weighted by molar-refractivity contribution is 0.321. The molecule has 0 amide bonds. The van der Waals surface area contributed by atoms with Gasteiger partial charge in [0, 0.05) is 6.61 Å². The lowest BCUT2D eigenvalue weighted by Crippen LogP contribution is -1.99. The van der Waals surface area contributed by atoms with Gasteiger partial charge in [0.25, 0.3) is 0 Å². The van der Waals surface area contributed by atoms with Crippen LogP contribution in [0.2, 0.25) is 6.55 Å². The van der Waals surface area contributed by atoms with Gasteiger partial charge < -0.3 is 4.43 Å². The molecule has 0 bridgehead atoms. The maximum Gasteiger partial charge on any atom is 0.158 e. The number of allylic oxidation sites excluding steroid dienone is 2. The Morgan fingerprint density at radius 2 is 2.09 bits per heavy atom. The molecule has 0 radical (unpaired) electrons. The van der Waals surface area contributed by atoms with Crippen LogP contribution in [-0.2, 0) is 4.43 Å². The molecule has 0 aliphatic rings. The van der Waals surface area contributed by atoms with Crippen molar-refractivity contribution in [3.63, 3.8) is 0 Å². The van der Waals surface area contributed by atoms with E-state index in [0.29, 0.717) is 5.92 Å². The highest BCUT2D eigenvalue weighted by atomic mass is 28.2. The Kier molecular flexibility index (Phi) is 7.52. The van der Waals surface area contributed by atoms with Crippen molar-refractivity contribution in [2.24, 2.45) is 5.92 Å². The summed E-state index contributed by atoms with van der Waals surface area (Å²) in [4.78, 5) is 0. The van der Waals surface area contributed by atoms with Crippen molar-refractivity contribution >= 4 is 9.76 Å². The van der Waals surface area contributed by atoms with E-state index >= 15 is 0 Å². The molecule has 0 aliphatic heterocycles. The van der Waals surface area contributed by atoms with E-state index in [0.717, 1.165) is 19.4 Å². The molecule has 0 aliphatic carbocycles. The molecule has 0 heterocycles. The van der Waals surface area contributed by atoms with Crippen molar-refractivity contribution in [2.75, 3.05) is 6.61 Å². The Hall–Kier alpha value is -0.343. The predicted octanol–water partition coefficient (Wildman–Crippen LogP) is 1.90. The van der Waals surface area contributed by atoms with E-state index in [9.17, 15) is 0 Å². The van der Waals surface area contributed by atoms with Crippen LogP contribution in [0.3, 0.4) is 0 Å². The molecule has 0 saturated heterocycles. The first-order valence-corrected chi connectivity index (χ1v) is 6.17. The molecule has 0 saturated carbocycles. The van der Waals surface area contributed by atoms with Crippen LogP contribution in [0, 0.1) is 5.92 Å². The third-order valence-corrected chi connectivity index (χ3v) is 2.33. The van der Waals surface area contributed by atoms with Crippen molar-refractivity contribution in [1.82, 2.24) is 0 Å². The molecule has 0 fully saturated rings. The Morgan fingerprint density at radius 1 is 1.45 bits per heavy atom. The average Bonchev–Trinajstić information content (AvgIpc) is 2.05. The third-order valence-electron chi connectivity index (χ3n) is 1.64. The number of rotatable bonds is 7. The highest BCUT2D eigenvalue weighted by molar-refractivity contribution is 6.24. The highest BCUT2D eigenvalue weighted by Crippen LogP contribution is 2.07. The highest BCUT2D eigenvalue weighted by Gasteiger charge is 1.96. The van der Waals surface area contributed by atoms with Crippen molar-refractivity contribution in [1.29, 1.82) is 0 Å². The van der Waals surface area contributed by atoms with E-state index in [1.807, 2.05) is 12.2 Å². The van der Waals surface area contributed by atoms with Crippen LogP contribution in [0.15, 0.2) is 25.3 Å². The molecule has 0 aromatic carbocycles. The van der Waals surface area contributed by atoms with Crippen LogP contribution >= 0.6 is 0 Å².